The van der Waals surface area contributed by atoms with E-state index in [1.165, 1.54) is 0 Å². The van der Waals surface area contributed by atoms with Gasteiger partial charge >= 0.3 is 0 Å². The van der Waals surface area contributed by atoms with E-state index in [0.717, 1.165) is 28.4 Å². The third kappa shape index (κ3) is 3.81. The molecule has 0 aliphatic rings. The fraction of sp³-hybridized carbons (Fsp3) is 0.538. The number of alkyl halides is 1. The van der Waals surface area contributed by atoms with Gasteiger partial charge in [-0.3, -0.25) is 0 Å². The Morgan fingerprint density at radius 2 is 1.59 bits per heavy atom. The summed E-state index contributed by atoms with van der Waals surface area (Å²) in [6, 6.07) is 3.87. The second-order valence-corrected chi connectivity index (χ2v) is 7.28. The molecule has 0 unspecified atom stereocenters. The molecule has 0 spiro atoms. The van der Waals surface area contributed by atoms with Gasteiger partial charge in [0.05, 0.1) is 10.6 Å². The van der Waals surface area contributed by atoms with Gasteiger partial charge in [0.1, 0.15) is 0 Å². The summed E-state index contributed by atoms with van der Waals surface area (Å²) in [6.07, 6.45) is 1.60. The van der Waals surface area contributed by atoms with Crippen molar-refractivity contribution in [1.82, 2.24) is 0 Å². The average molecular weight is 319 g/mol. The van der Waals surface area contributed by atoms with E-state index in [9.17, 15) is 8.42 Å². The van der Waals surface area contributed by atoms with E-state index in [1.807, 2.05) is 32.9 Å². The highest BCUT2D eigenvalue weighted by molar-refractivity contribution is 9.09. The normalized spacial score (nSPS) is 11.8. The molecular weight excluding hydrogens is 300 g/mol. The van der Waals surface area contributed by atoms with Crippen LogP contribution in [-0.4, -0.2) is 19.5 Å². The van der Waals surface area contributed by atoms with Crippen molar-refractivity contribution in [2.75, 3.05) is 11.1 Å². The van der Waals surface area contributed by atoms with Gasteiger partial charge in [-0.05, 0) is 44.7 Å². The fourth-order valence-electron chi connectivity index (χ4n) is 2.15. The lowest BCUT2D eigenvalue weighted by atomic mass is 10.1. The van der Waals surface area contributed by atoms with Crippen molar-refractivity contribution in [2.45, 2.75) is 38.5 Å². The lowest BCUT2D eigenvalue weighted by Crippen LogP contribution is -2.11. The molecule has 0 N–H and O–H groups in total. The second kappa shape index (κ2) is 6.01. The quantitative estimate of drug-likeness (QED) is 0.614. The van der Waals surface area contributed by atoms with Gasteiger partial charge in [0, 0.05) is 5.33 Å². The van der Waals surface area contributed by atoms with Crippen molar-refractivity contribution in [3.63, 3.8) is 0 Å². The Bertz CT molecular complexity index is 469. The number of benzene rings is 1. The Morgan fingerprint density at radius 1 is 1.06 bits per heavy atom. The first-order valence-corrected chi connectivity index (χ1v) is 8.52. The third-order valence-electron chi connectivity index (χ3n) is 2.71. The largest absolute Gasteiger partial charge is 0.224 e. The smallest absolute Gasteiger partial charge is 0.178 e. The first-order chi connectivity index (χ1) is 7.88. The van der Waals surface area contributed by atoms with Crippen molar-refractivity contribution < 1.29 is 8.42 Å². The van der Waals surface area contributed by atoms with Crippen LogP contribution in [0, 0.1) is 20.8 Å². The van der Waals surface area contributed by atoms with Crippen molar-refractivity contribution in [1.29, 1.82) is 0 Å². The topological polar surface area (TPSA) is 34.1 Å². The van der Waals surface area contributed by atoms with E-state index in [2.05, 4.69) is 15.9 Å². The molecule has 0 aromatic heterocycles. The van der Waals surface area contributed by atoms with Gasteiger partial charge in [0.25, 0.3) is 0 Å². The van der Waals surface area contributed by atoms with Gasteiger partial charge in [-0.25, -0.2) is 8.42 Å². The number of halogens is 1. The Kier molecular flexibility index (Phi) is 5.20. The van der Waals surface area contributed by atoms with Gasteiger partial charge in [-0.2, -0.15) is 0 Å². The van der Waals surface area contributed by atoms with Gasteiger partial charge in [-0.15, -0.1) is 0 Å². The SMILES string of the molecule is Cc1cc(C)c(S(=O)(=O)CCCCBr)c(C)c1. The molecule has 0 fully saturated rings. The van der Waals surface area contributed by atoms with E-state index in [1.54, 1.807) is 0 Å². The molecule has 0 radical (unpaired) electrons. The molecule has 1 aromatic carbocycles. The van der Waals surface area contributed by atoms with E-state index in [0.29, 0.717) is 11.3 Å². The zero-order valence-electron chi connectivity index (χ0n) is 10.6. The minimum absolute atomic E-state index is 0.239. The van der Waals surface area contributed by atoms with Crippen LogP contribution in [0.2, 0.25) is 0 Å². The summed E-state index contributed by atoms with van der Waals surface area (Å²) in [5.74, 6) is 0.239. The van der Waals surface area contributed by atoms with Crippen molar-refractivity contribution in [3.05, 3.63) is 28.8 Å². The van der Waals surface area contributed by atoms with E-state index >= 15 is 0 Å². The first-order valence-electron chi connectivity index (χ1n) is 5.75. The summed E-state index contributed by atoms with van der Waals surface area (Å²) in [5, 5.41) is 0.856. The van der Waals surface area contributed by atoms with Gasteiger partial charge < -0.3 is 0 Å². The van der Waals surface area contributed by atoms with Crippen LogP contribution in [0.1, 0.15) is 29.5 Å². The molecule has 0 heterocycles. The molecule has 0 bridgehead atoms. The molecule has 0 saturated carbocycles. The number of rotatable bonds is 5. The van der Waals surface area contributed by atoms with Gasteiger partial charge in [-0.1, -0.05) is 33.6 Å². The molecule has 1 aromatic rings. The van der Waals surface area contributed by atoms with Crippen LogP contribution in [0.15, 0.2) is 17.0 Å². The van der Waals surface area contributed by atoms with Crippen LogP contribution in [-0.2, 0) is 9.84 Å². The fourth-order valence-corrected chi connectivity index (χ4v) is 4.43. The van der Waals surface area contributed by atoms with Crippen molar-refractivity contribution >= 4 is 25.8 Å². The zero-order chi connectivity index (χ0) is 13.1. The Hall–Kier alpha value is -0.350. The number of aryl methyl sites for hydroxylation is 3. The third-order valence-corrected chi connectivity index (χ3v) is 5.37. The second-order valence-electron chi connectivity index (χ2n) is 4.44. The van der Waals surface area contributed by atoms with Gasteiger partial charge in [0.15, 0.2) is 9.84 Å². The molecule has 17 heavy (non-hydrogen) atoms. The minimum atomic E-state index is -3.13. The number of unbranched alkanes of at least 4 members (excludes halogenated alkanes) is 1. The molecule has 0 atom stereocenters. The lowest BCUT2D eigenvalue weighted by molar-refractivity contribution is 0.591. The Balaban J connectivity index is 3.07. The molecule has 4 heteroatoms. The summed E-state index contributed by atoms with van der Waals surface area (Å²) in [4.78, 5) is 0.526. The first kappa shape index (κ1) is 14.7. The van der Waals surface area contributed by atoms with Crippen LogP contribution < -0.4 is 0 Å². The van der Waals surface area contributed by atoms with Crippen LogP contribution in [0.25, 0.3) is 0 Å². The van der Waals surface area contributed by atoms with E-state index < -0.39 is 9.84 Å². The van der Waals surface area contributed by atoms with Crippen LogP contribution in [0.3, 0.4) is 0 Å². The maximum absolute atomic E-state index is 12.2. The monoisotopic (exact) mass is 318 g/mol. The molecule has 1 rings (SSSR count). The highest BCUT2D eigenvalue weighted by atomic mass is 79.9. The predicted molar refractivity (Wildman–Crippen MR) is 75.7 cm³/mol. The highest BCUT2D eigenvalue weighted by Crippen LogP contribution is 2.23. The molecule has 0 aliphatic carbocycles. The van der Waals surface area contributed by atoms with E-state index in [4.69, 9.17) is 0 Å². The molecule has 0 amide bonds. The number of hydrogen-bond donors (Lipinski definition) is 0. The summed E-state index contributed by atoms with van der Waals surface area (Å²) >= 11 is 3.32. The number of sulfone groups is 1. The maximum atomic E-state index is 12.2. The molecular formula is C13H19BrO2S. The Morgan fingerprint density at radius 3 is 2.06 bits per heavy atom. The number of hydrogen-bond acceptors (Lipinski definition) is 2. The minimum Gasteiger partial charge on any atom is -0.224 e. The summed E-state index contributed by atoms with van der Waals surface area (Å²) in [5.41, 5.74) is 2.84. The molecule has 0 aliphatic heterocycles. The lowest BCUT2D eigenvalue weighted by Gasteiger charge is -2.11. The van der Waals surface area contributed by atoms with Gasteiger partial charge in [0.2, 0.25) is 0 Å². The predicted octanol–water partition coefficient (Wildman–Crippen LogP) is 3.56. The molecule has 96 valence electrons. The molecule has 0 saturated heterocycles. The summed E-state index contributed by atoms with van der Waals surface area (Å²) in [7, 11) is -3.13. The molecule has 2 nitrogen and oxygen atoms in total. The standard InChI is InChI=1S/C13H19BrO2S/c1-10-8-11(2)13(12(3)9-10)17(15,16)7-5-4-6-14/h8-9H,4-7H2,1-3H3. The zero-order valence-corrected chi connectivity index (χ0v) is 13.0. The maximum Gasteiger partial charge on any atom is 0.178 e. The van der Waals surface area contributed by atoms with E-state index in [-0.39, 0.29) is 5.75 Å². The highest BCUT2D eigenvalue weighted by Gasteiger charge is 2.19. The van der Waals surface area contributed by atoms with Crippen LogP contribution in [0.4, 0.5) is 0 Å². The average Bonchev–Trinajstić information content (AvgIpc) is 2.15. The van der Waals surface area contributed by atoms with Crippen LogP contribution in [0.5, 0.6) is 0 Å². The Labute approximate surface area is 112 Å². The van der Waals surface area contributed by atoms with Crippen LogP contribution >= 0.6 is 15.9 Å². The van der Waals surface area contributed by atoms with Crippen molar-refractivity contribution in [2.24, 2.45) is 0 Å². The summed E-state index contributed by atoms with van der Waals surface area (Å²) in [6.45, 7) is 5.73. The summed E-state index contributed by atoms with van der Waals surface area (Å²) < 4.78 is 24.5. The van der Waals surface area contributed by atoms with Crippen molar-refractivity contribution in [3.8, 4) is 0 Å².